The summed E-state index contributed by atoms with van der Waals surface area (Å²) in [6.45, 7) is 0.455. The van der Waals surface area contributed by atoms with Crippen molar-refractivity contribution in [1.82, 2.24) is 10.3 Å². The van der Waals surface area contributed by atoms with Crippen LogP contribution < -0.4 is 5.32 Å². The van der Waals surface area contributed by atoms with Gasteiger partial charge in [-0.15, -0.1) is 0 Å². The summed E-state index contributed by atoms with van der Waals surface area (Å²) in [5.41, 5.74) is -0.240. The zero-order valence-electron chi connectivity index (χ0n) is 10.9. The third-order valence-corrected chi connectivity index (χ3v) is 3.89. The van der Waals surface area contributed by atoms with Gasteiger partial charge in [0.15, 0.2) is 5.82 Å². The second-order valence-corrected chi connectivity index (χ2v) is 5.26. The second-order valence-electron chi connectivity index (χ2n) is 5.26. The third kappa shape index (κ3) is 3.29. The van der Waals surface area contributed by atoms with E-state index in [1.54, 1.807) is 0 Å². The Kier molecular flexibility index (Phi) is 4.47. The molecule has 0 spiro atoms. The van der Waals surface area contributed by atoms with Crippen LogP contribution in [0.2, 0.25) is 0 Å². The van der Waals surface area contributed by atoms with Crippen molar-refractivity contribution in [3.63, 3.8) is 0 Å². The first-order valence-electron chi connectivity index (χ1n) is 6.65. The van der Waals surface area contributed by atoms with Gasteiger partial charge in [-0.2, -0.15) is 0 Å². The van der Waals surface area contributed by atoms with Gasteiger partial charge in [-0.25, -0.2) is 4.39 Å². The molecular weight excluding hydrogens is 247 g/mol. The van der Waals surface area contributed by atoms with E-state index >= 15 is 0 Å². The van der Waals surface area contributed by atoms with Crippen LogP contribution in [0.3, 0.4) is 0 Å². The van der Waals surface area contributed by atoms with Gasteiger partial charge >= 0.3 is 0 Å². The normalized spacial score (nSPS) is 18.0. The fourth-order valence-electron chi connectivity index (χ4n) is 2.61. The van der Waals surface area contributed by atoms with E-state index < -0.39 is 11.7 Å². The molecular formula is C14H19FN2O2. The molecule has 0 unspecified atom stereocenters. The van der Waals surface area contributed by atoms with Crippen LogP contribution >= 0.6 is 0 Å². The zero-order valence-corrected chi connectivity index (χ0v) is 10.9. The quantitative estimate of drug-likeness (QED) is 0.875. The van der Waals surface area contributed by atoms with E-state index in [1.807, 2.05) is 0 Å². The number of nitrogens with zero attached hydrogens (tertiary/aromatic N) is 1. The lowest BCUT2D eigenvalue weighted by atomic mass is 9.74. The summed E-state index contributed by atoms with van der Waals surface area (Å²) < 4.78 is 13.4. The number of amides is 1. The fourth-order valence-corrected chi connectivity index (χ4v) is 2.61. The van der Waals surface area contributed by atoms with E-state index in [1.165, 1.54) is 18.7 Å². The van der Waals surface area contributed by atoms with Crippen LogP contribution in [0.4, 0.5) is 4.39 Å². The van der Waals surface area contributed by atoms with Gasteiger partial charge in [-0.3, -0.25) is 9.78 Å². The number of pyridine rings is 1. The average molecular weight is 266 g/mol. The molecule has 0 aromatic carbocycles. The van der Waals surface area contributed by atoms with Gasteiger partial charge in [-0.1, -0.05) is 19.3 Å². The van der Waals surface area contributed by atoms with Crippen LogP contribution in [0.15, 0.2) is 18.5 Å². The summed E-state index contributed by atoms with van der Waals surface area (Å²) in [6.07, 6.45) is 7.54. The number of rotatable bonds is 4. The van der Waals surface area contributed by atoms with Gasteiger partial charge < -0.3 is 10.4 Å². The topological polar surface area (TPSA) is 62.2 Å². The predicted octanol–water partition coefficient (Wildman–Crippen LogP) is 1.89. The SMILES string of the molecule is O=C(NCC1(CO)CCCCC1)c1ccncc1F. The van der Waals surface area contributed by atoms with E-state index in [0.717, 1.165) is 31.9 Å². The molecule has 1 heterocycles. The maximum Gasteiger partial charge on any atom is 0.254 e. The number of aliphatic hydroxyl groups is 1. The first kappa shape index (κ1) is 13.9. The van der Waals surface area contributed by atoms with Gasteiger partial charge in [0, 0.05) is 18.2 Å². The first-order chi connectivity index (χ1) is 9.17. The molecule has 1 amide bonds. The van der Waals surface area contributed by atoms with Crippen molar-refractivity contribution in [3.8, 4) is 0 Å². The van der Waals surface area contributed by atoms with Crippen LogP contribution in [0.25, 0.3) is 0 Å². The van der Waals surface area contributed by atoms with E-state index in [9.17, 15) is 14.3 Å². The van der Waals surface area contributed by atoms with Crippen molar-refractivity contribution >= 4 is 5.91 Å². The number of aromatic nitrogens is 1. The number of carbonyl (C=O) groups is 1. The number of hydrogen-bond donors (Lipinski definition) is 2. The summed E-state index contributed by atoms with van der Waals surface area (Å²) >= 11 is 0. The van der Waals surface area contributed by atoms with Crippen LogP contribution in [-0.4, -0.2) is 29.1 Å². The van der Waals surface area contributed by atoms with Crippen LogP contribution in [0.5, 0.6) is 0 Å². The van der Waals surface area contributed by atoms with Gasteiger partial charge in [0.1, 0.15) is 0 Å². The van der Waals surface area contributed by atoms with Crippen molar-refractivity contribution in [2.45, 2.75) is 32.1 Å². The van der Waals surface area contributed by atoms with Gasteiger partial charge in [0.05, 0.1) is 18.4 Å². The Hall–Kier alpha value is -1.49. The van der Waals surface area contributed by atoms with Crippen molar-refractivity contribution in [2.24, 2.45) is 5.41 Å². The summed E-state index contributed by atoms with van der Waals surface area (Å²) in [6, 6.07) is 1.36. The molecule has 104 valence electrons. The highest BCUT2D eigenvalue weighted by Crippen LogP contribution is 2.35. The Morgan fingerprint density at radius 2 is 2.16 bits per heavy atom. The monoisotopic (exact) mass is 266 g/mol. The maximum absolute atomic E-state index is 13.4. The molecule has 0 saturated heterocycles. The van der Waals surface area contributed by atoms with E-state index in [0.29, 0.717) is 6.54 Å². The highest BCUT2D eigenvalue weighted by atomic mass is 19.1. The molecule has 0 radical (unpaired) electrons. The lowest BCUT2D eigenvalue weighted by molar-refractivity contribution is 0.0716. The molecule has 1 aromatic rings. The van der Waals surface area contributed by atoms with E-state index in [-0.39, 0.29) is 17.6 Å². The molecule has 2 N–H and O–H groups in total. The second kappa shape index (κ2) is 6.10. The molecule has 1 fully saturated rings. The van der Waals surface area contributed by atoms with Gasteiger partial charge in [-0.05, 0) is 18.9 Å². The van der Waals surface area contributed by atoms with Crippen molar-refractivity contribution < 1.29 is 14.3 Å². The minimum Gasteiger partial charge on any atom is -0.396 e. The number of carbonyl (C=O) groups excluding carboxylic acids is 1. The van der Waals surface area contributed by atoms with Crippen LogP contribution in [0.1, 0.15) is 42.5 Å². The molecule has 0 aliphatic heterocycles. The number of nitrogens with one attached hydrogen (secondary N) is 1. The summed E-state index contributed by atoms with van der Waals surface area (Å²) in [7, 11) is 0. The summed E-state index contributed by atoms with van der Waals surface area (Å²) in [5.74, 6) is -1.07. The highest BCUT2D eigenvalue weighted by molar-refractivity contribution is 5.94. The van der Waals surface area contributed by atoms with Crippen LogP contribution in [-0.2, 0) is 0 Å². The fraction of sp³-hybridized carbons (Fsp3) is 0.571. The molecule has 5 heteroatoms. The van der Waals surface area contributed by atoms with E-state index in [2.05, 4.69) is 10.3 Å². The molecule has 1 saturated carbocycles. The Morgan fingerprint density at radius 3 is 2.79 bits per heavy atom. The molecule has 0 atom stereocenters. The Morgan fingerprint density at radius 1 is 1.42 bits per heavy atom. The Labute approximate surface area is 112 Å². The van der Waals surface area contributed by atoms with Crippen LogP contribution in [0, 0.1) is 11.2 Å². The highest BCUT2D eigenvalue weighted by Gasteiger charge is 2.31. The van der Waals surface area contributed by atoms with Crippen molar-refractivity contribution in [3.05, 3.63) is 29.8 Å². The number of aliphatic hydroxyl groups excluding tert-OH is 1. The van der Waals surface area contributed by atoms with E-state index in [4.69, 9.17) is 0 Å². The lowest BCUT2D eigenvalue weighted by Crippen LogP contribution is -2.41. The molecule has 1 aromatic heterocycles. The average Bonchev–Trinajstić information content (AvgIpc) is 2.46. The molecule has 1 aliphatic rings. The third-order valence-electron chi connectivity index (χ3n) is 3.89. The minimum absolute atomic E-state index is 0.00102. The van der Waals surface area contributed by atoms with Crippen molar-refractivity contribution in [2.75, 3.05) is 13.2 Å². The molecule has 1 aliphatic carbocycles. The van der Waals surface area contributed by atoms with Gasteiger partial charge in [0.2, 0.25) is 0 Å². The number of halogens is 1. The van der Waals surface area contributed by atoms with Gasteiger partial charge in [0.25, 0.3) is 5.91 Å². The predicted molar refractivity (Wildman–Crippen MR) is 69.1 cm³/mol. The Bertz CT molecular complexity index is 445. The molecule has 0 bridgehead atoms. The lowest BCUT2D eigenvalue weighted by Gasteiger charge is -2.35. The largest absolute Gasteiger partial charge is 0.396 e. The molecule has 4 nitrogen and oxygen atoms in total. The smallest absolute Gasteiger partial charge is 0.254 e. The minimum atomic E-state index is -0.623. The summed E-state index contributed by atoms with van der Waals surface area (Å²) in [5, 5.41) is 12.3. The first-order valence-corrected chi connectivity index (χ1v) is 6.65. The maximum atomic E-state index is 13.4. The van der Waals surface area contributed by atoms with Crippen molar-refractivity contribution in [1.29, 1.82) is 0 Å². The standard InChI is InChI=1S/C14H19FN2O2/c15-12-8-16-7-4-11(12)13(19)17-9-14(10-18)5-2-1-3-6-14/h4,7-8,18H,1-3,5-6,9-10H2,(H,17,19). The zero-order chi connectivity index (χ0) is 13.7. The molecule has 2 rings (SSSR count). The summed E-state index contributed by atoms with van der Waals surface area (Å²) in [4.78, 5) is 15.5. The number of hydrogen-bond acceptors (Lipinski definition) is 3. The molecule has 19 heavy (non-hydrogen) atoms. The Balaban J connectivity index is 1.98.